The molecule has 2 aliphatic heterocycles. The molecule has 3 rings (SSSR count). The molecule has 2 N–H and O–H groups in total. The highest BCUT2D eigenvalue weighted by Crippen LogP contribution is 2.26. The minimum Gasteiger partial charge on any atom is -0.356 e. The fourth-order valence-corrected chi connectivity index (χ4v) is 4.58. The van der Waals surface area contributed by atoms with Crippen molar-refractivity contribution in [3.8, 4) is 0 Å². The number of halogens is 1. The van der Waals surface area contributed by atoms with E-state index in [4.69, 9.17) is 0 Å². The molecule has 1 aliphatic carbocycles. The van der Waals surface area contributed by atoms with Crippen molar-refractivity contribution in [2.24, 2.45) is 10.9 Å². The zero-order chi connectivity index (χ0) is 16.1. The number of likely N-dealkylation sites (tertiary alicyclic amines) is 2. The molecule has 140 valence electrons. The molecule has 6 heteroatoms. The van der Waals surface area contributed by atoms with Crippen molar-refractivity contribution >= 4 is 29.9 Å². The van der Waals surface area contributed by atoms with Crippen LogP contribution in [0.3, 0.4) is 0 Å². The van der Waals surface area contributed by atoms with Gasteiger partial charge in [0.15, 0.2) is 5.96 Å². The van der Waals surface area contributed by atoms with Crippen molar-refractivity contribution in [3.63, 3.8) is 0 Å². The number of aliphatic imine (C=N–C) groups is 1. The Morgan fingerprint density at radius 2 is 1.83 bits per heavy atom. The first-order valence-corrected chi connectivity index (χ1v) is 9.64. The molecule has 2 atom stereocenters. The van der Waals surface area contributed by atoms with Crippen LogP contribution in [0.2, 0.25) is 0 Å². The lowest BCUT2D eigenvalue weighted by atomic mass is 9.99. The van der Waals surface area contributed by atoms with E-state index in [1.165, 1.54) is 71.1 Å². The first-order chi connectivity index (χ1) is 11.2. The van der Waals surface area contributed by atoms with Gasteiger partial charge in [-0.25, -0.2) is 0 Å². The van der Waals surface area contributed by atoms with Crippen LogP contribution in [0, 0.1) is 5.92 Å². The molecule has 24 heavy (non-hydrogen) atoms. The van der Waals surface area contributed by atoms with Gasteiger partial charge in [-0.1, -0.05) is 12.8 Å². The van der Waals surface area contributed by atoms with E-state index in [0.29, 0.717) is 6.04 Å². The van der Waals surface area contributed by atoms with Gasteiger partial charge in [-0.05, 0) is 51.6 Å². The molecule has 3 aliphatic rings. The third kappa shape index (κ3) is 5.73. The predicted molar refractivity (Wildman–Crippen MR) is 112 cm³/mol. The minimum absolute atomic E-state index is 0. The lowest BCUT2D eigenvalue weighted by molar-refractivity contribution is 0.210. The molecule has 0 aromatic heterocycles. The number of nitrogens with one attached hydrogen (secondary N) is 2. The Hall–Kier alpha value is -0.0800. The van der Waals surface area contributed by atoms with Gasteiger partial charge in [0.1, 0.15) is 0 Å². The summed E-state index contributed by atoms with van der Waals surface area (Å²) in [5.74, 6) is 1.75. The average molecular weight is 449 g/mol. The summed E-state index contributed by atoms with van der Waals surface area (Å²) >= 11 is 0. The molecular weight excluding hydrogens is 413 g/mol. The summed E-state index contributed by atoms with van der Waals surface area (Å²) in [6, 6.07) is 1.42. The number of piperidine rings is 1. The highest BCUT2D eigenvalue weighted by molar-refractivity contribution is 14.0. The molecule has 1 saturated carbocycles. The normalized spacial score (nSPS) is 30.3. The zero-order valence-electron chi connectivity index (χ0n) is 15.5. The van der Waals surface area contributed by atoms with Gasteiger partial charge in [0.05, 0.1) is 0 Å². The highest BCUT2D eigenvalue weighted by Gasteiger charge is 2.30. The highest BCUT2D eigenvalue weighted by atomic mass is 127. The summed E-state index contributed by atoms with van der Waals surface area (Å²) in [6.45, 7) is 5.96. The third-order valence-corrected chi connectivity index (χ3v) is 5.91. The molecule has 0 amide bonds. The number of hydrogen-bond acceptors (Lipinski definition) is 3. The summed E-state index contributed by atoms with van der Waals surface area (Å²) in [6.07, 6.45) is 9.60. The summed E-state index contributed by atoms with van der Waals surface area (Å²) in [7, 11) is 4.13. The van der Waals surface area contributed by atoms with E-state index in [1.54, 1.807) is 0 Å². The summed E-state index contributed by atoms with van der Waals surface area (Å²) in [5, 5.41) is 7.22. The van der Waals surface area contributed by atoms with Gasteiger partial charge in [-0.3, -0.25) is 9.89 Å². The quantitative estimate of drug-likeness (QED) is 0.392. The number of rotatable bonds is 4. The van der Waals surface area contributed by atoms with Gasteiger partial charge in [0.2, 0.25) is 0 Å². The lowest BCUT2D eigenvalue weighted by Crippen LogP contribution is -2.47. The van der Waals surface area contributed by atoms with Crippen molar-refractivity contribution in [2.45, 2.75) is 57.0 Å². The molecule has 2 saturated heterocycles. The van der Waals surface area contributed by atoms with Crippen LogP contribution in [0.25, 0.3) is 0 Å². The van der Waals surface area contributed by atoms with Crippen LogP contribution in [0.4, 0.5) is 0 Å². The summed E-state index contributed by atoms with van der Waals surface area (Å²) in [5.41, 5.74) is 0. The Labute approximate surface area is 165 Å². The van der Waals surface area contributed by atoms with Crippen LogP contribution in [0.5, 0.6) is 0 Å². The summed E-state index contributed by atoms with van der Waals surface area (Å²) < 4.78 is 0. The molecule has 0 aromatic rings. The van der Waals surface area contributed by atoms with Crippen molar-refractivity contribution in [2.75, 3.05) is 46.8 Å². The maximum Gasteiger partial charge on any atom is 0.191 e. The van der Waals surface area contributed by atoms with Gasteiger partial charge < -0.3 is 15.5 Å². The second-order valence-electron chi connectivity index (χ2n) is 7.79. The van der Waals surface area contributed by atoms with E-state index in [9.17, 15) is 0 Å². The Balaban J connectivity index is 0.00000208. The molecule has 2 unspecified atom stereocenters. The number of guanidine groups is 1. The smallest absolute Gasteiger partial charge is 0.191 e. The van der Waals surface area contributed by atoms with Gasteiger partial charge in [0.25, 0.3) is 0 Å². The first kappa shape index (κ1) is 20.2. The molecule has 2 heterocycles. The third-order valence-electron chi connectivity index (χ3n) is 5.91. The maximum atomic E-state index is 4.44. The Morgan fingerprint density at radius 1 is 1.04 bits per heavy atom. The van der Waals surface area contributed by atoms with Crippen molar-refractivity contribution < 1.29 is 0 Å². The molecule has 0 spiro atoms. The van der Waals surface area contributed by atoms with Crippen molar-refractivity contribution in [1.29, 1.82) is 0 Å². The van der Waals surface area contributed by atoms with E-state index in [2.05, 4.69) is 32.5 Å². The van der Waals surface area contributed by atoms with Gasteiger partial charge in [0, 0.05) is 45.3 Å². The minimum atomic E-state index is 0. The molecular formula is C18H36IN5. The standard InChI is InChI=1S/C18H35N5.HI/c1-19-18(20-12-15-6-5-10-22(2)13-15)21-16-9-11-23(14-16)17-7-3-4-8-17;/h15-17H,3-14H2,1-2H3,(H2,19,20,21);1H. The maximum absolute atomic E-state index is 4.44. The topological polar surface area (TPSA) is 42.9 Å². The predicted octanol–water partition coefficient (Wildman–Crippen LogP) is 2.13. The molecule has 5 nitrogen and oxygen atoms in total. The zero-order valence-corrected chi connectivity index (χ0v) is 17.8. The van der Waals surface area contributed by atoms with Crippen LogP contribution in [-0.4, -0.2) is 74.7 Å². The molecule has 3 fully saturated rings. The Bertz CT molecular complexity index is 397. The molecule has 0 bridgehead atoms. The van der Waals surface area contributed by atoms with Crippen molar-refractivity contribution in [1.82, 2.24) is 20.4 Å². The number of hydrogen-bond donors (Lipinski definition) is 2. The summed E-state index contributed by atoms with van der Waals surface area (Å²) in [4.78, 5) is 9.59. The molecule has 0 aromatic carbocycles. The van der Waals surface area contributed by atoms with Gasteiger partial charge >= 0.3 is 0 Å². The SMILES string of the molecule is CN=C(NCC1CCCN(C)C1)NC1CCN(C2CCCC2)C1.I. The average Bonchev–Trinajstić information content (AvgIpc) is 3.22. The van der Waals surface area contributed by atoms with Gasteiger partial charge in [-0.15, -0.1) is 24.0 Å². The Morgan fingerprint density at radius 3 is 2.54 bits per heavy atom. The van der Waals surface area contributed by atoms with Crippen molar-refractivity contribution in [3.05, 3.63) is 0 Å². The van der Waals surface area contributed by atoms with E-state index in [0.717, 1.165) is 24.5 Å². The second-order valence-corrected chi connectivity index (χ2v) is 7.79. The number of nitrogens with zero attached hydrogens (tertiary/aromatic N) is 3. The van der Waals surface area contributed by atoms with Crippen LogP contribution in [-0.2, 0) is 0 Å². The monoisotopic (exact) mass is 449 g/mol. The largest absolute Gasteiger partial charge is 0.356 e. The second kappa shape index (κ2) is 10.2. The van der Waals surface area contributed by atoms with E-state index >= 15 is 0 Å². The van der Waals surface area contributed by atoms with E-state index in [1.807, 2.05) is 7.05 Å². The fourth-order valence-electron chi connectivity index (χ4n) is 4.58. The van der Waals surface area contributed by atoms with Crippen LogP contribution in [0.15, 0.2) is 4.99 Å². The van der Waals surface area contributed by atoms with E-state index < -0.39 is 0 Å². The van der Waals surface area contributed by atoms with Crippen LogP contribution < -0.4 is 10.6 Å². The molecule has 0 radical (unpaired) electrons. The van der Waals surface area contributed by atoms with Crippen LogP contribution >= 0.6 is 24.0 Å². The Kier molecular flexibility index (Phi) is 8.57. The lowest BCUT2D eigenvalue weighted by Gasteiger charge is -2.30. The van der Waals surface area contributed by atoms with Crippen LogP contribution in [0.1, 0.15) is 44.9 Å². The van der Waals surface area contributed by atoms with E-state index in [-0.39, 0.29) is 24.0 Å². The fraction of sp³-hybridized carbons (Fsp3) is 0.944. The van der Waals surface area contributed by atoms with Gasteiger partial charge in [-0.2, -0.15) is 0 Å². The first-order valence-electron chi connectivity index (χ1n) is 9.64.